The number of amides is 2. The van der Waals surface area contributed by atoms with E-state index in [1.54, 1.807) is 12.1 Å². The molecule has 0 saturated heterocycles. The van der Waals surface area contributed by atoms with Crippen LogP contribution in [-0.4, -0.2) is 28.5 Å². The molecular weight excluding hydrogens is 396 g/mol. The van der Waals surface area contributed by atoms with Crippen molar-refractivity contribution in [3.63, 3.8) is 0 Å². The number of rotatable bonds is 8. The molecule has 4 N–H and O–H groups in total. The van der Waals surface area contributed by atoms with Crippen molar-refractivity contribution in [1.82, 2.24) is 10.1 Å². The van der Waals surface area contributed by atoms with Crippen molar-refractivity contribution in [3.05, 3.63) is 59.5 Å². The Kier molecular flexibility index (Phi) is 6.35. The van der Waals surface area contributed by atoms with Gasteiger partial charge in [0, 0.05) is 23.2 Å². The molecule has 0 atom stereocenters. The molecule has 3 aromatic rings. The Bertz CT molecular complexity index is 1050. The monoisotopic (exact) mass is 415 g/mol. The fourth-order valence-corrected chi connectivity index (χ4v) is 2.62. The van der Waals surface area contributed by atoms with Crippen LogP contribution in [0.1, 0.15) is 46.4 Å². The summed E-state index contributed by atoms with van der Waals surface area (Å²) in [6.07, 6.45) is -1.99. The molecular formula is C20H19F2N5O3. The number of carbonyl (C=O) groups is 2. The van der Waals surface area contributed by atoms with Crippen molar-refractivity contribution in [2.24, 2.45) is 5.73 Å². The van der Waals surface area contributed by atoms with Crippen LogP contribution in [0.25, 0.3) is 11.4 Å². The highest BCUT2D eigenvalue weighted by molar-refractivity contribution is 6.07. The number of anilines is 2. The van der Waals surface area contributed by atoms with Gasteiger partial charge in [-0.25, -0.2) is 0 Å². The predicted molar refractivity (Wildman–Crippen MR) is 106 cm³/mol. The summed E-state index contributed by atoms with van der Waals surface area (Å²) in [6, 6.07) is 10.8. The summed E-state index contributed by atoms with van der Waals surface area (Å²) >= 11 is 0. The number of primary amides is 1. The molecule has 2 amide bonds. The molecule has 0 aliphatic carbocycles. The molecule has 0 aliphatic rings. The zero-order valence-corrected chi connectivity index (χ0v) is 16.0. The number of aromatic nitrogens is 2. The summed E-state index contributed by atoms with van der Waals surface area (Å²) < 4.78 is 29.6. The average molecular weight is 415 g/mol. The van der Waals surface area contributed by atoms with Gasteiger partial charge in [0.2, 0.25) is 11.7 Å². The van der Waals surface area contributed by atoms with E-state index in [2.05, 4.69) is 25.3 Å². The molecule has 30 heavy (non-hydrogen) atoms. The molecule has 3 rings (SSSR count). The van der Waals surface area contributed by atoms with Crippen molar-refractivity contribution < 1.29 is 22.9 Å². The third kappa shape index (κ3) is 4.77. The minimum Gasteiger partial charge on any atom is -0.383 e. The third-order valence-electron chi connectivity index (χ3n) is 4.15. The quantitative estimate of drug-likeness (QED) is 0.514. The number of halogens is 2. The first-order valence-corrected chi connectivity index (χ1v) is 9.10. The average Bonchev–Trinajstić information content (AvgIpc) is 3.23. The highest BCUT2D eigenvalue weighted by Gasteiger charge is 2.18. The van der Waals surface area contributed by atoms with Crippen molar-refractivity contribution in [1.29, 1.82) is 0 Å². The number of nitrogens with two attached hydrogens (primary N) is 1. The molecule has 1 heterocycles. The normalized spacial score (nSPS) is 10.8. The number of benzene rings is 2. The molecule has 10 heteroatoms. The second-order valence-electron chi connectivity index (χ2n) is 6.34. The van der Waals surface area contributed by atoms with Gasteiger partial charge in [-0.05, 0) is 36.8 Å². The zero-order chi connectivity index (χ0) is 21.7. The predicted octanol–water partition coefficient (Wildman–Crippen LogP) is 3.85. The maximum absolute atomic E-state index is 12.7. The largest absolute Gasteiger partial charge is 0.383 e. The van der Waals surface area contributed by atoms with Crippen LogP contribution in [0.5, 0.6) is 0 Å². The van der Waals surface area contributed by atoms with E-state index in [4.69, 9.17) is 5.73 Å². The fourth-order valence-electron chi connectivity index (χ4n) is 2.62. The number of nitrogens with zero attached hydrogens (tertiary/aromatic N) is 2. The molecule has 1 aromatic heterocycles. The lowest BCUT2D eigenvalue weighted by Gasteiger charge is -2.14. The molecule has 0 aliphatic heterocycles. The van der Waals surface area contributed by atoms with E-state index >= 15 is 0 Å². The fraction of sp³-hybridized carbons (Fsp3) is 0.200. The van der Waals surface area contributed by atoms with Crippen LogP contribution in [0.2, 0.25) is 0 Å². The highest BCUT2D eigenvalue weighted by Crippen LogP contribution is 2.25. The smallest absolute Gasteiger partial charge is 0.315 e. The Balaban J connectivity index is 1.79. The maximum Gasteiger partial charge on any atom is 0.315 e. The van der Waals surface area contributed by atoms with E-state index in [1.165, 1.54) is 30.3 Å². The van der Waals surface area contributed by atoms with E-state index < -0.39 is 24.1 Å². The summed E-state index contributed by atoms with van der Waals surface area (Å²) in [5.74, 6) is -1.81. The minimum absolute atomic E-state index is 0.00234. The number of hydrogen-bond acceptors (Lipinski definition) is 6. The van der Waals surface area contributed by atoms with Crippen molar-refractivity contribution in [2.75, 3.05) is 17.2 Å². The Morgan fingerprint density at radius 1 is 1.10 bits per heavy atom. The van der Waals surface area contributed by atoms with E-state index in [-0.39, 0.29) is 11.4 Å². The Morgan fingerprint density at radius 3 is 2.40 bits per heavy atom. The standard InChI is InChI=1S/C20H19F2N5O3/c1-2-9-24-14-8-7-13(17(23)28)10-15(14)25-19(29)12-5-3-11(4-6-12)18-26-20(16(21)22)30-27-18/h3-8,10,16,24H,2,9H2,1H3,(H2,23,28)(H,25,29). The van der Waals surface area contributed by atoms with Crippen molar-refractivity contribution >= 4 is 23.2 Å². The lowest BCUT2D eigenvalue weighted by Crippen LogP contribution is -2.16. The summed E-state index contributed by atoms with van der Waals surface area (Å²) in [5, 5.41) is 9.42. The van der Waals surface area contributed by atoms with E-state index in [1.807, 2.05) is 6.92 Å². The zero-order valence-electron chi connectivity index (χ0n) is 16.0. The van der Waals surface area contributed by atoms with Crippen LogP contribution < -0.4 is 16.4 Å². The summed E-state index contributed by atoms with van der Waals surface area (Å²) in [7, 11) is 0. The van der Waals surface area contributed by atoms with E-state index in [9.17, 15) is 18.4 Å². The summed E-state index contributed by atoms with van der Waals surface area (Å²) in [4.78, 5) is 27.7. The minimum atomic E-state index is -2.86. The van der Waals surface area contributed by atoms with Gasteiger partial charge in [0.1, 0.15) is 0 Å². The molecule has 0 saturated carbocycles. The number of alkyl halides is 2. The summed E-state index contributed by atoms with van der Waals surface area (Å²) in [6.45, 7) is 2.68. The second kappa shape index (κ2) is 9.12. The summed E-state index contributed by atoms with van der Waals surface area (Å²) in [5.41, 5.74) is 7.38. The molecule has 156 valence electrons. The first-order valence-electron chi connectivity index (χ1n) is 9.10. The Labute approximate surface area is 170 Å². The third-order valence-corrected chi connectivity index (χ3v) is 4.15. The maximum atomic E-state index is 12.7. The Morgan fingerprint density at radius 2 is 1.80 bits per heavy atom. The van der Waals surface area contributed by atoms with E-state index in [0.29, 0.717) is 29.0 Å². The highest BCUT2D eigenvalue weighted by atomic mass is 19.3. The van der Waals surface area contributed by atoms with E-state index in [0.717, 1.165) is 6.42 Å². The Hall–Kier alpha value is -3.82. The van der Waals surface area contributed by atoms with Crippen molar-refractivity contribution in [2.45, 2.75) is 19.8 Å². The molecule has 0 radical (unpaired) electrons. The molecule has 0 spiro atoms. The molecule has 0 bridgehead atoms. The lowest BCUT2D eigenvalue weighted by atomic mass is 10.1. The van der Waals surface area contributed by atoms with Gasteiger partial charge in [0.15, 0.2) is 0 Å². The van der Waals surface area contributed by atoms with Gasteiger partial charge < -0.3 is 20.9 Å². The first-order chi connectivity index (χ1) is 14.4. The number of nitrogens with one attached hydrogen (secondary N) is 2. The van der Waals surface area contributed by atoms with Crippen molar-refractivity contribution in [3.8, 4) is 11.4 Å². The molecule has 0 unspecified atom stereocenters. The topological polar surface area (TPSA) is 123 Å². The number of hydrogen-bond donors (Lipinski definition) is 3. The van der Waals surface area contributed by atoms with Gasteiger partial charge in [0.05, 0.1) is 11.4 Å². The van der Waals surface area contributed by atoms with Crippen LogP contribution >= 0.6 is 0 Å². The van der Waals surface area contributed by atoms with Gasteiger partial charge in [-0.1, -0.05) is 24.2 Å². The van der Waals surface area contributed by atoms with Crippen LogP contribution in [-0.2, 0) is 0 Å². The van der Waals surface area contributed by atoms with Crippen LogP contribution in [0, 0.1) is 0 Å². The lowest BCUT2D eigenvalue weighted by molar-refractivity contribution is 0.0996. The van der Waals surface area contributed by atoms with Gasteiger partial charge in [-0.15, -0.1) is 0 Å². The first kappa shape index (κ1) is 20.9. The number of carbonyl (C=O) groups excluding carboxylic acids is 2. The van der Waals surface area contributed by atoms with Gasteiger partial charge in [0.25, 0.3) is 11.8 Å². The van der Waals surface area contributed by atoms with Gasteiger partial charge in [-0.2, -0.15) is 13.8 Å². The van der Waals surface area contributed by atoms with Crippen LogP contribution in [0.15, 0.2) is 47.0 Å². The molecule has 2 aromatic carbocycles. The van der Waals surface area contributed by atoms with Crippen LogP contribution in [0.3, 0.4) is 0 Å². The van der Waals surface area contributed by atoms with Gasteiger partial charge in [-0.3, -0.25) is 9.59 Å². The SMILES string of the molecule is CCCNc1ccc(C(N)=O)cc1NC(=O)c1ccc(-c2noc(C(F)F)n2)cc1. The van der Waals surface area contributed by atoms with Crippen LogP contribution in [0.4, 0.5) is 20.2 Å². The molecule has 0 fully saturated rings. The van der Waals surface area contributed by atoms with Gasteiger partial charge >= 0.3 is 6.43 Å². The second-order valence-corrected chi connectivity index (χ2v) is 6.34. The molecule has 8 nitrogen and oxygen atoms in total.